The summed E-state index contributed by atoms with van der Waals surface area (Å²) in [5.74, 6) is 1.40. The van der Waals surface area contributed by atoms with Gasteiger partial charge in [-0.2, -0.15) is 5.26 Å². The molecule has 0 atom stereocenters. The van der Waals surface area contributed by atoms with Gasteiger partial charge in [-0.1, -0.05) is 29.8 Å². The fourth-order valence-electron chi connectivity index (χ4n) is 3.93. The van der Waals surface area contributed by atoms with Crippen LogP contribution in [0.25, 0.3) is 0 Å². The highest BCUT2D eigenvalue weighted by Gasteiger charge is 2.52. The first kappa shape index (κ1) is 26.8. The number of nitriles is 1. The minimum atomic E-state index is -0.455. The van der Waals surface area contributed by atoms with E-state index in [1.165, 1.54) is 6.20 Å². The summed E-state index contributed by atoms with van der Waals surface area (Å²) < 4.78 is 30.0. The molecule has 37 heavy (non-hydrogen) atoms. The average molecular weight is 521 g/mol. The molecule has 0 aliphatic carbocycles. The van der Waals surface area contributed by atoms with Crippen molar-refractivity contribution < 1.29 is 23.5 Å². The second kappa shape index (κ2) is 10.6. The zero-order valence-electron chi connectivity index (χ0n) is 21.9. The van der Waals surface area contributed by atoms with Gasteiger partial charge >= 0.3 is 7.12 Å². The van der Waals surface area contributed by atoms with Gasteiger partial charge in [0, 0.05) is 30.1 Å². The monoisotopic (exact) mass is 520 g/mol. The molecule has 2 aromatic carbocycles. The number of benzene rings is 2. The lowest BCUT2D eigenvalue weighted by Gasteiger charge is -2.32. The largest absolute Gasteiger partial charge is 0.495 e. The van der Waals surface area contributed by atoms with Gasteiger partial charge in [-0.3, -0.25) is 4.98 Å². The quantitative estimate of drug-likeness (QED) is 0.369. The second-order valence-electron chi connectivity index (χ2n) is 9.92. The summed E-state index contributed by atoms with van der Waals surface area (Å²) >= 11 is 6.49. The molecule has 3 aromatic rings. The third-order valence-electron chi connectivity index (χ3n) is 6.91. The first-order valence-electron chi connectivity index (χ1n) is 12.0. The highest BCUT2D eigenvalue weighted by Crippen LogP contribution is 2.39. The van der Waals surface area contributed by atoms with Crippen LogP contribution in [0.3, 0.4) is 0 Å². The molecule has 1 aliphatic rings. The third-order valence-corrected chi connectivity index (χ3v) is 7.21. The number of rotatable bonds is 8. The van der Waals surface area contributed by atoms with Crippen molar-refractivity contribution >= 4 is 24.2 Å². The summed E-state index contributed by atoms with van der Waals surface area (Å²) in [6, 6.07) is 13.2. The highest BCUT2D eigenvalue weighted by molar-refractivity contribution is 6.62. The smallest absolute Gasteiger partial charge is 0.493 e. The molecule has 1 saturated heterocycles. The van der Waals surface area contributed by atoms with Gasteiger partial charge in [0.15, 0.2) is 11.5 Å². The molecule has 2 heterocycles. The van der Waals surface area contributed by atoms with Gasteiger partial charge in [0.05, 0.1) is 28.9 Å². The van der Waals surface area contributed by atoms with E-state index in [1.54, 1.807) is 31.5 Å². The highest BCUT2D eigenvalue weighted by atomic mass is 35.5. The molecular weight excluding hydrogens is 491 g/mol. The predicted octanol–water partition coefficient (Wildman–Crippen LogP) is 5.38. The lowest BCUT2D eigenvalue weighted by molar-refractivity contribution is 0.00578. The molecule has 1 aromatic heterocycles. The number of pyridine rings is 1. The summed E-state index contributed by atoms with van der Waals surface area (Å²) in [5, 5.41) is 9.50. The number of methoxy groups -OCH3 is 1. The number of halogens is 1. The molecule has 0 unspecified atom stereocenters. The van der Waals surface area contributed by atoms with E-state index >= 15 is 0 Å². The van der Waals surface area contributed by atoms with Gasteiger partial charge in [-0.15, -0.1) is 0 Å². The number of ether oxygens (including phenoxy) is 3. The van der Waals surface area contributed by atoms with Crippen LogP contribution in [0, 0.1) is 18.3 Å². The number of hydrogen-bond donors (Lipinski definition) is 0. The fraction of sp³-hybridized carbons (Fsp3) is 0.357. The third kappa shape index (κ3) is 5.70. The summed E-state index contributed by atoms with van der Waals surface area (Å²) in [6.07, 6.45) is 3.15. The van der Waals surface area contributed by atoms with Crippen LogP contribution in [0.15, 0.2) is 48.8 Å². The molecule has 0 saturated carbocycles. The van der Waals surface area contributed by atoms with Crippen molar-refractivity contribution in [2.24, 2.45) is 0 Å². The Kier molecular flexibility index (Phi) is 7.70. The van der Waals surface area contributed by atoms with E-state index in [1.807, 2.05) is 52.8 Å². The van der Waals surface area contributed by atoms with E-state index in [4.69, 9.17) is 40.4 Å². The van der Waals surface area contributed by atoms with E-state index < -0.39 is 18.3 Å². The molecule has 0 bridgehead atoms. The van der Waals surface area contributed by atoms with E-state index in [9.17, 15) is 0 Å². The van der Waals surface area contributed by atoms with Crippen molar-refractivity contribution in [1.82, 2.24) is 4.98 Å². The van der Waals surface area contributed by atoms with Crippen LogP contribution in [0.4, 0.5) is 0 Å². The summed E-state index contributed by atoms with van der Waals surface area (Å²) in [6.45, 7) is 10.7. The molecule has 0 N–H and O–H groups in total. The fourth-order valence-corrected chi connectivity index (χ4v) is 4.14. The molecule has 1 aliphatic heterocycles. The van der Waals surface area contributed by atoms with Crippen molar-refractivity contribution in [3.8, 4) is 23.3 Å². The Labute approximate surface area is 223 Å². The van der Waals surface area contributed by atoms with Crippen LogP contribution < -0.4 is 19.7 Å². The molecule has 7 nitrogen and oxygen atoms in total. The van der Waals surface area contributed by atoms with Crippen LogP contribution in [0.1, 0.15) is 49.9 Å². The van der Waals surface area contributed by atoms with Crippen molar-refractivity contribution in [2.75, 3.05) is 7.11 Å². The minimum absolute atomic E-state index is 0.204. The van der Waals surface area contributed by atoms with Gasteiger partial charge < -0.3 is 23.5 Å². The van der Waals surface area contributed by atoms with Crippen molar-refractivity contribution in [3.05, 3.63) is 76.1 Å². The molecule has 1 fully saturated rings. The van der Waals surface area contributed by atoms with E-state index in [0.717, 1.165) is 22.2 Å². The zero-order valence-corrected chi connectivity index (χ0v) is 22.7. The molecule has 9 heteroatoms. The van der Waals surface area contributed by atoms with Gasteiger partial charge in [-0.05, 0) is 57.3 Å². The maximum atomic E-state index is 9.10. The van der Waals surface area contributed by atoms with Crippen LogP contribution in [-0.4, -0.2) is 30.4 Å². The van der Waals surface area contributed by atoms with Gasteiger partial charge in [-0.25, -0.2) is 0 Å². The average Bonchev–Trinajstić information content (AvgIpc) is 3.09. The Morgan fingerprint density at radius 2 is 1.68 bits per heavy atom. The number of nitrogens with zero attached hydrogens (tertiary/aromatic N) is 2. The normalized spacial score (nSPS) is 15.8. The molecule has 0 radical (unpaired) electrons. The van der Waals surface area contributed by atoms with Crippen molar-refractivity contribution in [3.63, 3.8) is 0 Å². The lowest BCUT2D eigenvalue weighted by atomic mass is 9.75. The maximum absolute atomic E-state index is 9.10. The standard InChI is InChI=1S/C28H30BClN2O5/c1-18-21(8-7-9-22(18)29-36-27(2,3)28(4,5)37-29)17-35-24-12-26(25(33-6)11-23(24)30)34-16-20-10-19(13-31)14-32-15-20/h7-12,14-15H,16-17H2,1-6H3. The van der Waals surface area contributed by atoms with Crippen LogP contribution in [0.2, 0.25) is 5.02 Å². The zero-order chi connectivity index (χ0) is 26.8. The van der Waals surface area contributed by atoms with E-state index in [-0.39, 0.29) is 6.61 Å². The lowest BCUT2D eigenvalue weighted by Crippen LogP contribution is -2.41. The Bertz CT molecular complexity index is 1320. The molecule has 4 rings (SSSR count). The molecule has 192 valence electrons. The van der Waals surface area contributed by atoms with Crippen LogP contribution >= 0.6 is 11.6 Å². The maximum Gasteiger partial charge on any atom is 0.495 e. The topological polar surface area (TPSA) is 82.8 Å². The first-order valence-corrected chi connectivity index (χ1v) is 12.3. The Hall–Kier alpha value is -3.25. The van der Waals surface area contributed by atoms with Gasteiger partial charge in [0.25, 0.3) is 0 Å². The number of hydrogen-bond acceptors (Lipinski definition) is 7. The van der Waals surface area contributed by atoms with Crippen LogP contribution in [-0.2, 0) is 22.5 Å². The predicted molar refractivity (Wildman–Crippen MR) is 143 cm³/mol. The van der Waals surface area contributed by atoms with Crippen molar-refractivity contribution in [2.45, 2.75) is 59.0 Å². The SMILES string of the molecule is COc1cc(Cl)c(OCc2cccc(B3OC(C)(C)C(C)(C)O3)c2C)cc1OCc1cncc(C#N)c1. The summed E-state index contributed by atoms with van der Waals surface area (Å²) in [7, 11) is 1.09. The molecular formula is C28H30BClN2O5. The van der Waals surface area contributed by atoms with E-state index in [0.29, 0.717) is 34.4 Å². The van der Waals surface area contributed by atoms with E-state index in [2.05, 4.69) is 11.1 Å². The van der Waals surface area contributed by atoms with Crippen molar-refractivity contribution in [1.29, 1.82) is 5.26 Å². The Morgan fingerprint density at radius 3 is 2.35 bits per heavy atom. The Balaban J connectivity index is 1.51. The molecule has 0 spiro atoms. The Morgan fingerprint density at radius 1 is 0.973 bits per heavy atom. The van der Waals surface area contributed by atoms with Crippen LogP contribution in [0.5, 0.6) is 17.2 Å². The second-order valence-corrected chi connectivity index (χ2v) is 10.3. The first-order chi connectivity index (χ1) is 17.5. The summed E-state index contributed by atoms with van der Waals surface area (Å²) in [4.78, 5) is 4.07. The minimum Gasteiger partial charge on any atom is -0.493 e. The van der Waals surface area contributed by atoms with Gasteiger partial charge in [0.2, 0.25) is 0 Å². The van der Waals surface area contributed by atoms with Gasteiger partial charge in [0.1, 0.15) is 25.0 Å². The number of aromatic nitrogens is 1. The molecule has 0 amide bonds. The summed E-state index contributed by atoms with van der Waals surface area (Å²) in [5.41, 5.74) is 3.37.